The Morgan fingerprint density at radius 1 is 0.943 bits per heavy atom. The van der Waals surface area contributed by atoms with Crippen LogP contribution in [-0.2, 0) is 11.3 Å². The number of hydrogen-bond donors (Lipinski definition) is 2. The van der Waals surface area contributed by atoms with E-state index in [-0.39, 0.29) is 18.7 Å². The second kappa shape index (κ2) is 11.4. The van der Waals surface area contributed by atoms with Crippen LogP contribution in [0.15, 0.2) is 30.5 Å². The van der Waals surface area contributed by atoms with Gasteiger partial charge in [-0.25, -0.2) is 9.78 Å². The second-order valence-electron chi connectivity index (χ2n) is 9.99. The number of anilines is 2. The first-order chi connectivity index (χ1) is 17.2. The van der Waals surface area contributed by atoms with Crippen LogP contribution in [0, 0.1) is 0 Å². The lowest BCUT2D eigenvalue weighted by Crippen LogP contribution is -2.45. The van der Waals surface area contributed by atoms with Gasteiger partial charge in [0.2, 0.25) is 5.95 Å². The molecule has 1 fully saturated rings. The second-order valence-corrected chi connectivity index (χ2v) is 9.99. The van der Waals surface area contributed by atoms with E-state index in [9.17, 15) is 4.79 Å². The van der Waals surface area contributed by atoms with Gasteiger partial charge in [-0.1, -0.05) is 56.4 Å². The Morgan fingerprint density at radius 3 is 2.46 bits per heavy atom. The van der Waals surface area contributed by atoms with Crippen LogP contribution in [0.3, 0.4) is 0 Å². The molecule has 1 aromatic heterocycles. The number of hydrogen-bond acceptors (Lipinski definition) is 7. The summed E-state index contributed by atoms with van der Waals surface area (Å²) >= 11 is 0. The third-order valence-electron chi connectivity index (χ3n) is 7.54. The van der Waals surface area contributed by atoms with Crippen LogP contribution < -0.4 is 15.5 Å². The van der Waals surface area contributed by atoms with Gasteiger partial charge >= 0.3 is 6.09 Å². The van der Waals surface area contributed by atoms with E-state index in [2.05, 4.69) is 51.7 Å². The molecular formula is C27H38N6O2. The summed E-state index contributed by atoms with van der Waals surface area (Å²) in [4.78, 5) is 26.1. The van der Waals surface area contributed by atoms with E-state index in [1.807, 2.05) is 0 Å². The minimum Gasteiger partial charge on any atom is -0.444 e. The molecule has 35 heavy (non-hydrogen) atoms. The Kier molecular flexibility index (Phi) is 7.79. The third kappa shape index (κ3) is 5.76. The van der Waals surface area contributed by atoms with Crippen LogP contribution in [0.1, 0.15) is 80.6 Å². The molecule has 4 aliphatic heterocycles. The zero-order valence-corrected chi connectivity index (χ0v) is 20.8. The summed E-state index contributed by atoms with van der Waals surface area (Å²) in [5, 5.41) is 6.93. The van der Waals surface area contributed by atoms with Gasteiger partial charge in [0, 0.05) is 45.0 Å². The SMILES string of the molecule is C[C@@H]1Nc2ncc3c(n2)N(CCCCCCCCC(N2CCNCC2)c2ccc1cc2)C(=O)OC3. The first-order valence-corrected chi connectivity index (χ1v) is 13.3. The Labute approximate surface area is 208 Å². The molecule has 8 heteroatoms. The molecule has 4 bridgehead atoms. The first kappa shape index (κ1) is 24.0. The summed E-state index contributed by atoms with van der Waals surface area (Å²) in [5.74, 6) is 1.22. The summed E-state index contributed by atoms with van der Waals surface area (Å²) < 4.78 is 5.36. The number of ether oxygens (including phenoxy) is 1. The molecule has 188 valence electrons. The molecule has 1 amide bonds. The minimum atomic E-state index is -0.310. The van der Waals surface area contributed by atoms with E-state index >= 15 is 0 Å². The molecule has 6 rings (SSSR count). The molecule has 4 aliphatic rings. The van der Waals surface area contributed by atoms with Crippen molar-refractivity contribution in [2.45, 2.75) is 70.6 Å². The van der Waals surface area contributed by atoms with Gasteiger partial charge in [-0.15, -0.1) is 0 Å². The maximum atomic E-state index is 12.5. The third-order valence-corrected chi connectivity index (χ3v) is 7.54. The van der Waals surface area contributed by atoms with Crippen molar-refractivity contribution in [3.63, 3.8) is 0 Å². The van der Waals surface area contributed by atoms with Crippen LogP contribution >= 0.6 is 0 Å². The van der Waals surface area contributed by atoms with Crippen LogP contribution in [0.25, 0.3) is 0 Å². The van der Waals surface area contributed by atoms with Crippen molar-refractivity contribution in [3.05, 3.63) is 47.2 Å². The fraction of sp³-hybridized carbons (Fsp3) is 0.593. The van der Waals surface area contributed by atoms with Gasteiger partial charge in [0.1, 0.15) is 12.4 Å². The summed E-state index contributed by atoms with van der Waals surface area (Å²) in [6.07, 6.45) is 9.66. The van der Waals surface area contributed by atoms with Gasteiger partial charge in [-0.2, -0.15) is 4.98 Å². The zero-order chi connectivity index (χ0) is 24.0. The average Bonchev–Trinajstić information content (AvgIpc) is 2.89. The lowest BCUT2D eigenvalue weighted by atomic mass is 9.95. The van der Waals surface area contributed by atoms with Crippen LogP contribution in [0.2, 0.25) is 0 Å². The summed E-state index contributed by atoms with van der Waals surface area (Å²) in [6.45, 7) is 7.35. The molecular weight excluding hydrogens is 440 g/mol. The van der Waals surface area contributed by atoms with Gasteiger partial charge in [0.05, 0.1) is 11.6 Å². The summed E-state index contributed by atoms with van der Waals surface area (Å²) in [6, 6.07) is 9.61. The fourth-order valence-electron chi connectivity index (χ4n) is 5.46. The summed E-state index contributed by atoms with van der Waals surface area (Å²) in [7, 11) is 0. The lowest BCUT2D eigenvalue weighted by molar-refractivity contribution is 0.141. The largest absolute Gasteiger partial charge is 0.444 e. The smallest absolute Gasteiger partial charge is 0.415 e. The van der Waals surface area contributed by atoms with Crippen molar-refractivity contribution < 1.29 is 9.53 Å². The fourth-order valence-corrected chi connectivity index (χ4v) is 5.46. The number of fused-ring (bicyclic) bond motifs is 11. The number of aromatic nitrogens is 2. The van der Waals surface area contributed by atoms with Crippen molar-refractivity contribution in [1.29, 1.82) is 0 Å². The molecule has 8 nitrogen and oxygen atoms in total. The quantitative estimate of drug-likeness (QED) is 0.609. The minimum absolute atomic E-state index is 0.0470. The van der Waals surface area contributed by atoms with E-state index < -0.39 is 0 Å². The highest BCUT2D eigenvalue weighted by molar-refractivity contribution is 5.89. The van der Waals surface area contributed by atoms with Crippen molar-refractivity contribution in [1.82, 2.24) is 20.2 Å². The standard InChI is InChI=1S/C27H38N6O2/c1-20-21-9-11-22(12-10-21)24(32-16-13-28-14-17-32)8-6-4-2-3-5-7-15-33-25-23(19-35-27(33)34)18-29-26(30-20)31-25/h9-12,18,20,24,28H,2-8,13-17,19H2,1H3,(H,29,30,31)/t20-,24?/m0/s1. The topological polar surface area (TPSA) is 82.6 Å². The monoisotopic (exact) mass is 478 g/mol. The Balaban J connectivity index is 1.39. The number of nitrogens with one attached hydrogen (secondary N) is 2. The number of amides is 1. The zero-order valence-electron chi connectivity index (χ0n) is 20.8. The Hall–Kier alpha value is -2.71. The Morgan fingerprint density at radius 2 is 1.66 bits per heavy atom. The molecule has 1 saturated heterocycles. The number of benzene rings is 1. The van der Waals surface area contributed by atoms with Crippen molar-refractivity contribution >= 4 is 17.9 Å². The molecule has 1 aromatic carbocycles. The van der Waals surface area contributed by atoms with Crippen LogP contribution in [0.4, 0.5) is 16.6 Å². The Bertz CT molecular complexity index is 992. The van der Waals surface area contributed by atoms with Crippen molar-refractivity contribution in [2.24, 2.45) is 0 Å². The van der Waals surface area contributed by atoms with Gasteiger partial charge in [0.15, 0.2) is 0 Å². The van der Waals surface area contributed by atoms with E-state index in [1.165, 1.54) is 43.2 Å². The van der Waals surface area contributed by atoms with E-state index in [1.54, 1.807) is 11.1 Å². The molecule has 0 radical (unpaired) electrons. The first-order valence-electron chi connectivity index (χ1n) is 13.3. The highest BCUT2D eigenvalue weighted by Gasteiger charge is 2.28. The lowest BCUT2D eigenvalue weighted by Gasteiger charge is -2.35. The van der Waals surface area contributed by atoms with Gasteiger partial charge < -0.3 is 15.4 Å². The highest BCUT2D eigenvalue weighted by Crippen LogP contribution is 2.30. The average molecular weight is 479 g/mol. The van der Waals surface area contributed by atoms with Crippen LogP contribution in [0.5, 0.6) is 0 Å². The molecule has 0 aliphatic carbocycles. The normalized spacial score (nSPS) is 24.6. The number of carbonyl (C=O) groups excluding carboxylic acids is 1. The van der Waals surface area contributed by atoms with Crippen molar-refractivity contribution in [3.8, 4) is 0 Å². The molecule has 2 atom stereocenters. The van der Waals surface area contributed by atoms with E-state index in [0.29, 0.717) is 24.4 Å². The molecule has 2 aromatic rings. The maximum absolute atomic E-state index is 12.5. The number of rotatable bonds is 1. The highest BCUT2D eigenvalue weighted by atomic mass is 16.6. The molecule has 2 N–H and O–H groups in total. The van der Waals surface area contributed by atoms with Gasteiger partial charge in [0.25, 0.3) is 0 Å². The molecule has 0 saturated carbocycles. The van der Waals surface area contributed by atoms with E-state index in [0.717, 1.165) is 44.6 Å². The van der Waals surface area contributed by atoms with Crippen LogP contribution in [-0.4, -0.2) is 53.7 Å². The summed E-state index contributed by atoms with van der Waals surface area (Å²) in [5.41, 5.74) is 3.47. The molecule has 1 unspecified atom stereocenters. The number of piperazine rings is 1. The maximum Gasteiger partial charge on any atom is 0.415 e. The van der Waals surface area contributed by atoms with E-state index in [4.69, 9.17) is 9.72 Å². The van der Waals surface area contributed by atoms with Gasteiger partial charge in [-0.3, -0.25) is 9.80 Å². The number of carbonyl (C=O) groups is 1. The van der Waals surface area contributed by atoms with Gasteiger partial charge in [-0.05, 0) is 30.9 Å². The molecule has 5 heterocycles. The van der Waals surface area contributed by atoms with Crippen molar-refractivity contribution in [2.75, 3.05) is 42.9 Å². The molecule has 0 spiro atoms. The number of nitrogens with zero attached hydrogens (tertiary/aromatic N) is 4. The predicted octanol–water partition coefficient (Wildman–Crippen LogP) is 4.80. The predicted molar refractivity (Wildman–Crippen MR) is 138 cm³/mol. The number of cyclic esters (lactones) is 1.